The summed E-state index contributed by atoms with van der Waals surface area (Å²) in [5.74, 6) is 0.415. The maximum Gasteiger partial charge on any atom is 0.225 e. The van der Waals surface area contributed by atoms with E-state index in [4.69, 9.17) is 4.74 Å². The molecule has 1 N–H and O–H groups in total. The molecule has 0 bridgehead atoms. The predicted octanol–water partition coefficient (Wildman–Crippen LogP) is 2.17. The van der Waals surface area contributed by atoms with Gasteiger partial charge in [-0.2, -0.15) is 0 Å². The number of amides is 2. The van der Waals surface area contributed by atoms with Gasteiger partial charge >= 0.3 is 0 Å². The van der Waals surface area contributed by atoms with Crippen LogP contribution in [0.1, 0.15) is 43.7 Å². The van der Waals surface area contributed by atoms with Gasteiger partial charge in [-0.15, -0.1) is 0 Å². The smallest absolute Gasteiger partial charge is 0.225 e. The summed E-state index contributed by atoms with van der Waals surface area (Å²) in [6, 6.07) is 8.31. The highest BCUT2D eigenvalue weighted by atomic mass is 16.5. The van der Waals surface area contributed by atoms with E-state index in [2.05, 4.69) is 30.4 Å². The summed E-state index contributed by atoms with van der Waals surface area (Å²) in [5, 5.41) is 3.13. The van der Waals surface area contributed by atoms with Gasteiger partial charge in [-0.3, -0.25) is 9.59 Å². The molecule has 134 valence electrons. The van der Waals surface area contributed by atoms with Crippen molar-refractivity contribution in [1.82, 2.24) is 10.2 Å². The molecule has 1 heterocycles. The number of carbonyl (C=O) groups excluding carboxylic acids is 2. The van der Waals surface area contributed by atoms with Crippen LogP contribution in [-0.4, -0.2) is 40.9 Å². The van der Waals surface area contributed by atoms with Crippen LogP contribution in [0.5, 0.6) is 0 Å². The van der Waals surface area contributed by atoms with E-state index in [1.807, 2.05) is 11.0 Å². The Kier molecular flexibility index (Phi) is 3.87. The first-order valence-corrected chi connectivity index (χ1v) is 9.20. The summed E-state index contributed by atoms with van der Waals surface area (Å²) < 4.78 is 6.34. The molecular weight excluding hydrogens is 316 g/mol. The fourth-order valence-corrected chi connectivity index (χ4v) is 4.07. The number of hydrogen-bond donors (Lipinski definition) is 1. The van der Waals surface area contributed by atoms with Crippen LogP contribution >= 0.6 is 0 Å². The maximum atomic E-state index is 12.3. The van der Waals surface area contributed by atoms with Crippen molar-refractivity contribution in [2.45, 2.75) is 57.3 Å². The molecule has 4 rings (SSSR count). The summed E-state index contributed by atoms with van der Waals surface area (Å²) in [5.41, 5.74) is 1.61. The van der Waals surface area contributed by atoms with Crippen molar-refractivity contribution in [3.63, 3.8) is 0 Å². The lowest BCUT2D eigenvalue weighted by atomic mass is 9.80. The molecule has 2 amide bonds. The Labute approximate surface area is 148 Å². The van der Waals surface area contributed by atoms with E-state index in [0.29, 0.717) is 19.7 Å². The van der Waals surface area contributed by atoms with Crippen LogP contribution in [0, 0.1) is 12.8 Å². The number of likely N-dealkylation sites (tertiary alicyclic amines) is 1. The highest BCUT2D eigenvalue weighted by Gasteiger charge is 2.67. The number of nitrogens with zero attached hydrogens (tertiary/aromatic N) is 1. The van der Waals surface area contributed by atoms with E-state index >= 15 is 0 Å². The molecule has 1 saturated heterocycles. The summed E-state index contributed by atoms with van der Waals surface area (Å²) in [4.78, 5) is 26.0. The van der Waals surface area contributed by atoms with Gasteiger partial charge in [-0.1, -0.05) is 29.8 Å². The molecule has 0 spiro atoms. The van der Waals surface area contributed by atoms with Crippen molar-refractivity contribution in [3.8, 4) is 0 Å². The zero-order chi connectivity index (χ0) is 17.7. The lowest BCUT2D eigenvalue weighted by molar-refractivity contribution is -0.158. The fraction of sp³-hybridized carbons (Fsp3) is 0.600. The lowest BCUT2D eigenvalue weighted by Crippen LogP contribution is -2.77. The molecule has 3 aliphatic rings. The first-order valence-electron chi connectivity index (χ1n) is 9.20. The SMILES string of the molecule is CC(=O)NC1(C2(OCc3cccc(C)c3)CC2)CN(C(=O)C2CC2)C1. The van der Waals surface area contributed by atoms with E-state index in [1.54, 1.807) is 6.92 Å². The highest BCUT2D eigenvalue weighted by molar-refractivity contribution is 5.83. The Morgan fingerprint density at radius 3 is 2.56 bits per heavy atom. The molecule has 1 aromatic rings. The number of rotatable bonds is 6. The molecule has 0 atom stereocenters. The second kappa shape index (κ2) is 5.84. The Morgan fingerprint density at radius 2 is 2.00 bits per heavy atom. The van der Waals surface area contributed by atoms with Gasteiger partial charge in [0.25, 0.3) is 0 Å². The van der Waals surface area contributed by atoms with Crippen LogP contribution in [-0.2, 0) is 20.9 Å². The molecule has 2 aliphatic carbocycles. The van der Waals surface area contributed by atoms with Gasteiger partial charge in [0.1, 0.15) is 5.54 Å². The minimum atomic E-state index is -0.423. The quantitative estimate of drug-likeness (QED) is 0.862. The minimum Gasteiger partial charge on any atom is -0.368 e. The number of aryl methyl sites for hydroxylation is 1. The number of hydrogen-bond acceptors (Lipinski definition) is 3. The third-order valence-electron chi connectivity index (χ3n) is 5.75. The van der Waals surface area contributed by atoms with Crippen molar-refractivity contribution in [2.75, 3.05) is 13.1 Å². The Balaban J connectivity index is 1.45. The molecule has 1 aliphatic heterocycles. The molecular formula is C20H26N2O3. The summed E-state index contributed by atoms with van der Waals surface area (Å²) in [6.07, 6.45) is 3.89. The molecule has 1 aromatic carbocycles. The molecule has 5 nitrogen and oxygen atoms in total. The van der Waals surface area contributed by atoms with Crippen molar-refractivity contribution in [1.29, 1.82) is 0 Å². The monoisotopic (exact) mass is 342 g/mol. The van der Waals surface area contributed by atoms with Gasteiger partial charge in [0.2, 0.25) is 11.8 Å². The van der Waals surface area contributed by atoms with Crippen LogP contribution in [0.15, 0.2) is 24.3 Å². The van der Waals surface area contributed by atoms with Gasteiger partial charge in [-0.05, 0) is 38.2 Å². The Hall–Kier alpha value is -1.88. The third kappa shape index (κ3) is 3.06. The van der Waals surface area contributed by atoms with Crippen molar-refractivity contribution in [2.24, 2.45) is 5.92 Å². The van der Waals surface area contributed by atoms with Gasteiger partial charge in [-0.25, -0.2) is 0 Å². The Bertz CT molecular complexity index is 701. The molecule has 3 fully saturated rings. The molecule has 5 heteroatoms. The predicted molar refractivity (Wildman–Crippen MR) is 93.8 cm³/mol. The van der Waals surface area contributed by atoms with Crippen LogP contribution in [0.25, 0.3) is 0 Å². The number of carbonyl (C=O) groups is 2. The molecule has 0 aromatic heterocycles. The van der Waals surface area contributed by atoms with Gasteiger partial charge in [0, 0.05) is 25.9 Å². The number of ether oxygens (including phenoxy) is 1. The van der Waals surface area contributed by atoms with E-state index in [9.17, 15) is 9.59 Å². The molecule has 0 radical (unpaired) electrons. The Morgan fingerprint density at radius 1 is 1.28 bits per heavy atom. The van der Waals surface area contributed by atoms with Gasteiger partial charge in [0.15, 0.2) is 0 Å². The highest BCUT2D eigenvalue weighted by Crippen LogP contribution is 2.53. The molecule has 0 unspecified atom stereocenters. The maximum absolute atomic E-state index is 12.3. The summed E-state index contributed by atoms with van der Waals surface area (Å²) in [7, 11) is 0. The van der Waals surface area contributed by atoms with Crippen molar-refractivity contribution >= 4 is 11.8 Å². The second-order valence-electron chi connectivity index (χ2n) is 8.00. The lowest BCUT2D eigenvalue weighted by Gasteiger charge is -2.54. The van der Waals surface area contributed by atoms with Gasteiger partial charge < -0.3 is 15.0 Å². The van der Waals surface area contributed by atoms with Crippen LogP contribution in [0.3, 0.4) is 0 Å². The van der Waals surface area contributed by atoms with E-state index < -0.39 is 5.54 Å². The van der Waals surface area contributed by atoms with E-state index in [-0.39, 0.29) is 23.3 Å². The topological polar surface area (TPSA) is 58.6 Å². The second-order valence-corrected chi connectivity index (χ2v) is 8.00. The molecule has 2 saturated carbocycles. The normalized spacial score (nSPS) is 22.9. The van der Waals surface area contributed by atoms with Crippen molar-refractivity contribution in [3.05, 3.63) is 35.4 Å². The first-order chi connectivity index (χ1) is 11.9. The third-order valence-corrected chi connectivity index (χ3v) is 5.75. The standard InChI is InChI=1S/C20H26N2O3/c1-14-4-3-5-16(10-14)11-25-20(8-9-20)19(21-15(2)23)12-22(13-19)18(24)17-6-7-17/h3-5,10,17H,6-9,11-13H2,1-2H3,(H,21,23). The average molecular weight is 342 g/mol. The van der Waals surface area contributed by atoms with Crippen LogP contribution in [0.4, 0.5) is 0 Å². The summed E-state index contributed by atoms with van der Waals surface area (Å²) >= 11 is 0. The van der Waals surface area contributed by atoms with Crippen LogP contribution < -0.4 is 5.32 Å². The molecule has 25 heavy (non-hydrogen) atoms. The van der Waals surface area contributed by atoms with E-state index in [0.717, 1.165) is 31.2 Å². The number of nitrogens with one attached hydrogen (secondary N) is 1. The average Bonchev–Trinajstić information content (AvgIpc) is 3.42. The minimum absolute atomic E-state index is 0.0519. The fourth-order valence-electron chi connectivity index (χ4n) is 4.07. The summed E-state index contributed by atoms with van der Waals surface area (Å²) in [6.45, 7) is 5.32. The zero-order valence-electron chi connectivity index (χ0n) is 15.0. The zero-order valence-corrected chi connectivity index (χ0v) is 15.0. The van der Waals surface area contributed by atoms with Gasteiger partial charge in [0.05, 0.1) is 12.2 Å². The van der Waals surface area contributed by atoms with Crippen LogP contribution in [0.2, 0.25) is 0 Å². The largest absolute Gasteiger partial charge is 0.368 e. The van der Waals surface area contributed by atoms with Crippen molar-refractivity contribution < 1.29 is 14.3 Å². The first kappa shape index (κ1) is 16.6. The van der Waals surface area contributed by atoms with E-state index in [1.165, 1.54) is 5.56 Å². The number of benzene rings is 1.